The topological polar surface area (TPSA) is 122 Å². The van der Waals surface area contributed by atoms with E-state index in [1.165, 1.54) is 13.4 Å². The van der Waals surface area contributed by atoms with E-state index in [-0.39, 0.29) is 43.3 Å². The number of rotatable bonds is 12. The summed E-state index contributed by atoms with van der Waals surface area (Å²) >= 11 is 0. The van der Waals surface area contributed by atoms with Crippen LogP contribution in [0.15, 0.2) is 30.7 Å². The number of carbonyl (C=O) groups is 2. The van der Waals surface area contributed by atoms with Crippen LogP contribution in [-0.4, -0.2) is 83.8 Å². The van der Waals surface area contributed by atoms with Crippen LogP contribution in [-0.2, 0) is 27.2 Å². The molecule has 2 heterocycles. The number of H-pyrrole nitrogens is 1. The third kappa shape index (κ3) is 10.6. The predicted octanol–water partition coefficient (Wildman–Crippen LogP) is 5.35. The van der Waals surface area contributed by atoms with Crippen LogP contribution < -0.4 is 10.1 Å². The highest BCUT2D eigenvalue weighted by molar-refractivity contribution is 5.92. The number of aryl methyl sites for hydroxylation is 1. The Balaban J connectivity index is 0.00000420. The number of carbonyl (C=O) groups excluding carboxylic acids is 2. The molecule has 3 rings (SSSR count). The van der Waals surface area contributed by atoms with Crippen molar-refractivity contribution >= 4 is 59.4 Å². The first kappa shape index (κ1) is 35.7. The van der Waals surface area contributed by atoms with Gasteiger partial charge in [-0.2, -0.15) is 0 Å². The van der Waals surface area contributed by atoms with Crippen molar-refractivity contribution in [2.45, 2.75) is 52.2 Å². The van der Waals surface area contributed by atoms with Crippen LogP contribution in [0, 0.1) is 0 Å². The maximum absolute atomic E-state index is 12.2. The molecule has 0 radical (unpaired) electrons. The summed E-state index contributed by atoms with van der Waals surface area (Å²) in [6.45, 7) is 7.64. The number of amides is 1. The lowest BCUT2D eigenvalue weighted by atomic mass is 10.1. The molecule has 0 unspecified atom stereocenters. The highest BCUT2D eigenvalue weighted by atomic mass is 35.5. The van der Waals surface area contributed by atoms with E-state index in [4.69, 9.17) is 14.2 Å². The zero-order valence-corrected chi connectivity index (χ0v) is 26.4. The molecular formula is C28H42Cl2N6O5. The number of aromatic amines is 1. The maximum atomic E-state index is 12.2. The van der Waals surface area contributed by atoms with E-state index in [1.54, 1.807) is 19.1 Å². The third-order valence-corrected chi connectivity index (χ3v) is 6.10. The molecule has 0 saturated carbocycles. The fourth-order valence-electron chi connectivity index (χ4n) is 4.15. The van der Waals surface area contributed by atoms with Gasteiger partial charge in [-0.1, -0.05) is 0 Å². The minimum absolute atomic E-state index is 0. The van der Waals surface area contributed by atoms with E-state index in [1.807, 2.05) is 52.2 Å². The van der Waals surface area contributed by atoms with Crippen LogP contribution >= 0.6 is 24.8 Å². The minimum atomic E-state index is -0.512. The van der Waals surface area contributed by atoms with Gasteiger partial charge in [0.1, 0.15) is 29.1 Å². The number of benzene rings is 1. The monoisotopic (exact) mass is 612 g/mol. The quantitative estimate of drug-likeness (QED) is 0.261. The molecule has 0 atom stereocenters. The second kappa shape index (κ2) is 16.2. The number of methoxy groups -OCH3 is 2. The molecule has 2 aromatic heterocycles. The Hall–Kier alpha value is -3.28. The summed E-state index contributed by atoms with van der Waals surface area (Å²) in [7, 11) is 6.78. The second-order valence-electron chi connectivity index (χ2n) is 10.5. The summed E-state index contributed by atoms with van der Waals surface area (Å²) in [5, 5.41) is 4.31. The van der Waals surface area contributed by atoms with E-state index in [9.17, 15) is 9.59 Å². The Morgan fingerprint density at radius 1 is 1.05 bits per heavy atom. The fourth-order valence-corrected chi connectivity index (χ4v) is 4.15. The van der Waals surface area contributed by atoms with E-state index in [0.717, 1.165) is 40.8 Å². The van der Waals surface area contributed by atoms with Crippen LogP contribution in [0.4, 0.5) is 16.3 Å². The molecule has 0 aliphatic rings. The molecule has 0 fully saturated rings. The average Bonchev–Trinajstić information content (AvgIpc) is 3.29. The zero-order chi connectivity index (χ0) is 28.6. The molecule has 1 aromatic carbocycles. The molecule has 13 heteroatoms. The maximum Gasteiger partial charge on any atom is 0.410 e. The summed E-state index contributed by atoms with van der Waals surface area (Å²) in [5.41, 5.74) is 2.99. The minimum Gasteiger partial charge on any atom is -0.496 e. The number of aromatic nitrogens is 3. The van der Waals surface area contributed by atoms with Crippen molar-refractivity contribution in [2.24, 2.45) is 0 Å². The highest BCUT2D eigenvalue weighted by Crippen LogP contribution is 2.30. The van der Waals surface area contributed by atoms with Crippen molar-refractivity contribution in [3.63, 3.8) is 0 Å². The Labute approximate surface area is 254 Å². The van der Waals surface area contributed by atoms with Gasteiger partial charge in [0.15, 0.2) is 0 Å². The standard InChI is InChI=1S/C28H40N6O5.2ClH/c1-28(2,3)39-27(36)34(5)14-8-13-33(4)17-20-16-29-25-24(20)26(31-18-30-25)32-21-10-11-22(37-6)19(15-21)9-12-23(35)38-7;;/h10-11,15-16,18H,8-9,12-14,17H2,1-7H3,(H2,29,30,31,32);2*1H. The van der Waals surface area contributed by atoms with Gasteiger partial charge >= 0.3 is 12.1 Å². The Kier molecular flexibility index (Phi) is 14.2. The smallest absolute Gasteiger partial charge is 0.410 e. The number of anilines is 2. The van der Waals surface area contributed by atoms with E-state index < -0.39 is 5.60 Å². The number of hydrogen-bond acceptors (Lipinski definition) is 9. The van der Waals surface area contributed by atoms with Gasteiger partial charge in [0.25, 0.3) is 0 Å². The van der Waals surface area contributed by atoms with E-state index in [2.05, 4.69) is 25.2 Å². The predicted molar refractivity (Wildman–Crippen MR) is 165 cm³/mol. The molecule has 0 aliphatic heterocycles. The van der Waals surface area contributed by atoms with Crippen molar-refractivity contribution in [3.8, 4) is 5.75 Å². The number of nitrogens with one attached hydrogen (secondary N) is 2. The summed E-state index contributed by atoms with van der Waals surface area (Å²) in [6, 6.07) is 5.73. The van der Waals surface area contributed by atoms with E-state index >= 15 is 0 Å². The van der Waals surface area contributed by atoms with Gasteiger partial charge in [0.05, 0.1) is 19.6 Å². The summed E-state index contributed by atoms with van der Waals surface area (Å²) in [4.78, 5) is 39.8. The van der Waals surface area contributed by atoms with Gasteiger partial charge in [-0.05, 0) is 76.5 Å². The van der Waals surface area contributed by atoms with Crippen molar-refractivity contribution in [1.29, 1.82) is 0 Å². The van der Waals surface area contributed by atoms with Crippen LogP contribution in [0.2, 0.25) is 0 Å². The Morgan fingerprint density at radius 3 is 2.44 bits per heavy atom. The molecule has 41 heavy (non-hydrogen) atoms. The number of nitrogens with zero attached hydrogens (tertiary/aromatic N) is 4. The van der Waals surface area contributed by atoms with Gasteiger partial charge in [0.2, 0.25) is 0 Å². The molecule has 11 nitrogen and oxygen atoms in total. The van der Waals surface area contributed by atoms with Gasteiger partial charge in [0, 0.05) is 38.4 Å². The molecule has 1 amide bonds. The van der Waals surface area contributed by atoms with Crippen LogP contribution in [0.1, 0.15) is 44.7 Å². The zero-order valence-electron chi connectivity index (χ0n) is 24.8. The summed E-state index contributed by atoms with van der Waals surface area (Å²) in [6.07, 6.45) is 4.70. The number of fused-ring (bicyclic) bond motifs is 1. The molecule has 2 N–H and O–H groups in total. The van der Waals surface area contributed by atoms with Crippen molar-refractivity contribution in [3.05, 3.63) is 41.9 Å². The number of esters is 1. The Morgan fingerprint density at radius 2 is 1.78 bits per heavy atom. The first-order valence-corrected chi connectivity index (χ1v) is 12.9. The van der Waals surface area contributed by atoms with Crippen molar-refractivity contribution < 1.29 is 23.8 Å². The van der Waals surface area contributed by atoms with Gasteiger partial charge in [-0.25, -0.2) is 14.8 Å². The fraction of sp³-hybridized carbons (Fsp3) is 0.500. The van der Waals surface area contributed by atoms with Gasteiger partial charge < -0.3 is 34.3 Å². The van der Waals surface area contributed by atoms with Crippen LogP contribution in [0.25, 0.3) is 11.0 Å². The largest absolute Gasteiger partial charge is 0.496 e. The third-order valence-electron chi connectivity index (χ3n) is 6.10. The van der Waals surface area contributed by atoms with Crippen molar-refractivity contribution in [1.82, 2.24) is 24.8 Å². The van der Waals surface area contributed by atoms with Crippen LogP contribution in [0.3, 0.4) is 0 Å². The normalized spacial score (nSPS) is 10.9. The molecule has 0 bridgehead atoms. The molecule has 228 valence electrons. The molecular weight excluding hydrogens is 571 g/mol. The van der Waals surface area contributed by atoms with Gasteiger partial charge in [-0.15, -0.1) is 24.8 Å². The number of halogens is 2. The molecule has 0 aliphatic carbocycles. The Bertz CT molecular complexity index is 1280. The van der Waals surface area contributed by atoms with Gasteiger partial charge in [-0.3, -0.25) is 4.79 Å². The highest BCUT2D eigenvalue weighted by Gasteiger charge is 2.20. The first-order chi connectivity index (χ1) is 18.5. The number of hydrogen-bond donors (Lipinski definition) is 2. The first-order valence-electron chi connectivity index (χ1n) is 12.9. The summed E-state index contributed by atoms with van der Waals surface area (Å²) < 4.78 is 15.7. The van der Waals surface area contributed by atoms with E-state index in [0.29, 0.717) is 31.1 Å². The second-order valence-corrected chi connectivity index (χ2v) is 10.5. The lowest BCUT2D eigenvalue weighted by molar-refractivity contribution is -0.140. The lowest BCUT2D eigenvalue weighted by Gasteiger charge is -2.25. The molecule has 3 aromatic rings. The molecule has 0 saturated heterocycles. The summed E-state index contributed by atoms with van der Waals surface area (Å²) in [5.74, 6) is 1.11. The average molecular weight is 614 g/mol. The van der Waals surface area contributed by atoms with Crippen molar-refractivity contribution in [2.75, 3.05) is 46.7 Å². The molecule has 0 spiro atoms. The van der Waals surface area contributed by atoms with Crippen LogP contribution in [0.5, 0.6) is 5.75 Å². The SMILES string of the molecule is COC(=O)CCc1cc(Nc2ncnc3[nH]cc(CN(C)CCCN(C)C(=O)OC(C)(C)C)c23)ccc1OC.Cl.Cl. The lowest BCUT2D eigenvalue weighted by Crippen LogP contribution is -2.35. The number of ether oxygens (including phenoxy) is 3.